The van der Waals surface area contributed by atoms with E-state index in [0.29, 0.717) is 6.54 Å². The topological polar surface area (TPSA) is 37.1 Å². The molecule has 0 saturated carbocycles. The highest BCUT2D eigenvalue weighted by Crippen LogP contribution is 2.20. The highest BCUT2D eigenvalue weighted by molar-refractivity contribution is 5.58. The maximum atomic E-state index is 4.03. The number of fused-ring (bicyclic) bond motifs is 1. The highest BCUT2D eigenvalue weighted by atomic mass is 15.1. The number of hydrogen-bond donors (Lipinski definition) is 0. The molecule has 3 heteroatoms. The van der Waals surface area contributed by atoms with Crippen LogP contribution in [0.3, 0.4) is 0 Å². The Morgan fingerprint density at radius 3 is 3.09 bits per heavy atom. The molecule has 1 aromatic carbocycles. The third-order valence-electron chi connectivity index (χ3n) is 1.55. The van der Waals surface area contributed by atoms with Gasteiger partial charge in [0.15, 0.2) is 0 Å². The fourth-order valence-corrected chi connectivity index (χ4v) is 1.01. The van der Waals surface area contributed by atoms with E-state index in [-0.39, 0.29) is 0 Å². The van der Waals surface area contributed by atoms with Gasteiger partial charge in [-0.25, -0.2) is 0 Å². The van der Waals surface area contributed by atoms with E-state index >= 15 is 0 Å². The van der Waals surface area contributed by atoms with E-state index in [4.69, 9.17) is 0 Å². The van der Waals surface area contributed by atoms with Crippen molar-refractivity contribution in [2.45, 2.75) is 6.54 Å². The summed E-state index contributed by atoms with van der Waals surface area (Å²) in [7, 11) is 0. The first kappa shape index (κ1) is 6.22. The Hall–Kier alpha value is -1.51. The minimum Gasteiger partial charge on any atom is -0.267 e. The highest BCUT2D eigenvalue weighted by Gasteiger charge is 1.99. The molecule has 0 fully saturated rings. The lowest BCUT2D eigenvalue weighted by molar-refractivity contribution is 1.08. The minimum absolute atomic E-state index is 0.684. The first-order valence-corrected chi connectivity index (χ1v) is 3.44. The van der Waals surface area contributed by atoms with Crippen molar-refractivity contribution in [3.05, 3.63) is 29.8 Å². The number of rotatable bonds is 0. The van der Waals surface area contributed by atoms with E-state index in [0.717, 1.165) is 11.3 Å². The summed E-state index contributed by atoms with van der Waals surface area (Å²) in [5.74, 6) is 0. The van der Waals surface area contributed by atoms with Crippen LogP contribution >= 0.6 is 0 Å². The van der Waals surface area contributed by atoms with Crippen molar-refractivity contribution in [3.8, 4) is 0 Å². The van der Waals surface area contributed by atoms with Gasteiger partial charge in [-0.3, -0.25) is 4.99 Å². The van der Waals surface area contributed by atoms with Crippen LogP contribution in [0.25, 0.3) is 0 Å². The SMILES string of the molecule is C1=NCc2ccccc2N=N1. The summed E-state index contributed by atoms with van der Waals surface area (Å²) in [5, 5.41) is 7.71. The van der Waals surface area contributed by atoms with E-state index in [1.165, 1.54) is 6.34 Å². The lowest BCUT2D eigenvalue weighted by Gasteiger charge is -1.96. The predicted molar refractivity (Wildman–Crippen MR) is 43.2 cm³/mol. The predicted octanol–water partition coefficient (Wildman–Crippen LogP) is 2.31. The van der Waals surface area contributed by atoms with E-state index < -0.39 is 0 Å². The molecular weight excluding hydrogens is 138 g/mol. The third kappa shape index (κ3) is 1.17. The van der Waals surface area contributed by atoms with Crippen LogP contribution in [0.5, 0.6) is 0 Å². The number of benzene rings is 1. The van der Waals surface area contributed by atoms with Crippen molar-refractivity contribution >= 4 is 12.0 Å². The van der Waals surface area contributed by atoms with Gasteiger partial charge in [-0.15, -0.1) is 10.2 Å². The molecule has 0 bridgehead atoms. The van der Waals surface area contributed by atoms with Crippen molar-refractivity contribution in [2.24, 2.45) is 15.2 Å². The van der Waals surface area contributed by atoms with Crippen molar-refractivity contribution in [2.75, 3.05) is 0 Å². The van der Waals surface area contributed by atoms with Crippen LogP contribution in [0.15, 0.2) is 39.5 Å². The number of nitrogens with zero attached hydrogens (tertiary/aromatic N) is 3. The van der Waals surface area contributed by atoms with Gasteiger partial charge in [0.2, 0.25) is 0 Å². The van der Waals surface area contributed by atoms with E-state index in [2.05, 4.69) is 15.2 Å². The van der Waals surface area contributed by atoms with Crippen LogP contribution < -0.4 is 0 Å². The van der Waals surface area contributed by atoms with Gasteiger partial charge in [-0.05, 0) is 6.07 Å². The van der Waals surface area contributed by atoms with Gasteiger partial charge < -0.3 is 0 Å². The van der Waals surface area contributed by atoms with Crippen LogP contribution in [0.4, 0.5) is 5.69 Å². The van der Waals surface area contributed by atoms with Crippen LogP contribution in [0.1, 0.15) is 5.56 Å². The van der Waals surface area contributed by atoms with Gasteiger partial charge in [-0.2, -0.15) is 0 Å². The van der Waals surface area contributed by atoms with Gasteiger partial charge in [0.25, 0.3) is 0 Å². The Kier molecular flexibility index (Phi) is 1.48. The quantitative estimate of drug-likeness (QED) is 0.537. The molecule has 0 spiro atoms. The molecule has 54 valence electrons. The summed E-state index contributed by atoms with van der Waals surface area (Å²) in [6.07, 6.45) is 1.49. The average Bonchev–Trinajstić information content (AvgIpc) is 2.28. The molecule has 1 aliphatic heterocycles. The van der Waals surface area contributed by atoms with E-state index in [9.17, 15) is 0 Å². The molecular formula is C8H7N3. The Labute approximate surface area is 64.5 Å². The molecule has 1 heterocycles. The van der Waals surface area contributed by atoms with Gasteiger partial charge in [-0.1, -0.05) is 18.2 Å². The number of azo groups is 1. The average molecular weight is 145 g/mol. The second kappa shape index (κ2) is 2.62. The minimum atomic E-state index is 0.684. The van der Waals surface area contributed by atoms with Crippen molar-refractivity contribution < 1.29 is 0 Å². The molecule has 1 aromatic rings. The van der Waals surface area contributed by atoms with Gasteiger partial charge >= 0.3 is 0 Å². The number of aliphatic imine (C=N–C) groups is 1. The standard InChI is InChI=1S/C8H7N3/c1-2-4-8-7(3-1)5-9-6-10-11-8/h1-4,6H,5H2. The summed E-state index contributed by atoms with van der Waals surface area (Å²) in [6, 6.07) is 7.88. The van der Waals surface area contributed by atoms with Crippen LogP contribution in [-0.2, 0) is 6.54 Å². The molecule has 1 aliphatic rings. The Morgan fingerprint density at radius 2 is 2.09 bits per heavy atom. The lowest BCUT2D eigenvalue weighted by atomic mass is 10.2. The van der Waals surface area contributed by atoms with Crippen molar-refractivity contribution in [3.63, 3.8) is 0 Å². The molecule has 11 heavy (non-hydrogen) atoms. The molecule has 0 unspecified atom stereocenters. The normalized spacial score (nSPS) is 14.2. The summed E-state index contributed by atoms with van der Waals surface area (Å²) < 4.78 is 0. The van der Waals surface area contributed by atoms with Crippen LogP contribution in [-0.4, -0.2) is 6.34 Å². The molecule has 2 rings (SSSR count). The fourth-order valence-electron chi connectivity index (χ4n) is 1.01. The largest absolute Gasteiger partial charge is 0.267 e. The first-order valence-electron chi connectivity index (χ1n) is 3.44. The summed E-state index contributed by atoms with van der Waals surface area (Å²) in [4.78, 5) is 4.03. The molecule has 3 nitrogen and oxygen atoms in total. The molecule has 0 N–H and O–H groups in total. The Bertz CT molecular complexity index is 315. The van der Waals surface area contributed by atoms with Crippen LogP contribution in [0, 0.1) is 0 Å². The molecule has 0 radical (unpaired) electrons. The summed E-state index contributed by atoms with van der Waals surface area (Å²) >= 11 is 0. The second-order valence-corrected chi connectivity index (χ2v) is 2.30. The van der Waals surface area contributed by atoms with Gasteiger partial charge in [0, 0.05) is 5.56 Å². The van der Waals surface area contributed by atoms with Gasteiger partial charge in [0.05, 0.1) is 12.2 Å². The zero-order chi connectivity index (χ0) is 7.52. The molecule has 0 aromatic heterocycles. The Morgan fingerprint density at radius 1 is 1.18 bits per heavy atom. The fraction of sp³-hybridized carbons (Fsp3) is 0.125. The third-order valence-corrected chi connectivity index (χ3v) is 1.55. The first-order chi connectivity index (χ1) is 5.47. The molecule has 0 saturated heterocycles. The van der Waals surface area contributed by atoms with E-state index in [1.54, 1.807) is 0 Å². The molecule has 0 amide bonds. The maximum absolute atomic E-state index is 4.03. The smallest absolute Gasteiger partial charge is 0.133 e. The zero-order valence-electron chi connectivity index (χ0n) is 5.94. The second-order valence-electron chi connectivity index (χ2n) is 2.30. The monoisotopic (exact) mass is 145 g/mol. The summed E-state index contributed by atoms with van der Waals surface area (Å²) in [6.45, 7) is 0.684. The van der Waals surface area contributed by atoms with Gasteiger partial charge in [0.1, 0.15) is 6.34 Å². The van der Waals surface area contributed by atoms with Crippen LogP contribution in [0.2, 0.25) is 0 Å². The maximum Gasteiger partial charge on any atom is 0.133 e. The summed E-state index contributed by atoms with van der Waals surface area (Å²) in [5.41, 5.74) is 2.05. The Balaban J connectivity index is 2.52. The van der Waals surface area contributed by atoms with E-state index in [1.807, 2.05) is 24.3 Å². The molecule has 0 atom stereocenters. The zero-order valence-corrected chi connectivity index (χ0v) is 5.94. The molecule has 0 aliphatic carbocycles. The van der Waals surface area contributed by atoms with Crippen molar-refractivity contribution in [1.29, 1.82) is 0 Å². The number of hydrogen-bond acceptors (Lipinski definition) is 3. The lowest BCUT2D eigenvalue weighted by Crippen LogP contribution is -1.78. The van der Waals surface area contributed by atoms with Crippen molar-refractivity contribution in [1.82, 2.24) is 0 Å².